The molecule has 0 amide bonds. The van der Waals surface area contributed by atoms with Crippen molar-refractivity contribution in [2.75, 3.05) is 20.1 Å². The Labute approximate surface area is 143 Å². The zero-order chi connectivity index (χ0) is 17.3. The van der Waals surface area contributed by atoms with Crippen molar-refractivity contribution < 1.29 is 4.52 Å². The molecule has 132 valence electrons. The van der Waals surface area contributed by atoms with Gasteiger partial charge >= 0.3 is 0 Å². The third-order valence-electron chi connectivity index (χ3n) is 5.15. The lowest BCUT2D eigenvalue weighted by molar-refractivity contribution is 0.215. The SMILES string of the molecule is CCn1c(C)nnc1CN(C)[C@H]1CCN(Cc2c(C)noc2C)C1. The molecule has 7 nitrogen and oxygen atoms in total. The molecule has 3 heterocycles. The van der Waals surface area contributed by atoms with Gasteiger partial charge in [-0.05, 0) is 41.2 Å². The number of aryl methyl sites for hydroxylation is 3. The molecule has 1 atom stereocenters. The Morgan fingerprint density at radius 2 is 2.04 bits per heavy atom. The van der Waals surface area contributed by atoms with E-state index in [1.54, 1.807) is 0 Å². The van der Waals surface area contributed by atoms with E-state index in [-0.39, 0.29) is 0 Å². The predicted molar refractivity (Wildman–Crippen MR) is 91.6 cm³/mol. The van der Waals surface area contributed by atoms with Crippen LogP contribution in [0.25, 0.3) is 0 Å². The first-order valence-corrected chi connectivity index (χ1v) is 8.72. The van der Waals surface area contributed by atoms with Gasteiger partial charge < -0.3 is 9.09 Å². The second kappa shape index (κ2) is 7.03. The lowest BCUT2D eigenvalue weighted by atomic mass is 10.2. The van der Waals surface area contributed by atoms with Crippen LogP contribution in [-0.4, -0.2) is 55.9 Å². The van der Waals surface area contributed by atoms with Crippen LogP contribution in [0.2, 0.25) is 0 Å². The summed E-state index contributed by atoms with van der Waals surface area (Å²) in [6, 6.07) is 0.549. The summed E-state index contributed by atoms with van der Waals surface area (Å²) >= 11 is 0. The first-order chi connectivity index (χ1) is 11.5. The van der Waals surface area contributed by atoms with Crippen LogP contribution in [0.1, 0.15) is 42.0 Å². The van der Waals surface area contributed by atoms with Gasteiger partial charge in [0.2, 0.25) is 0 Å². The molecule has 24 heavy (non-hydrogen) atoms. The van der Waals surface area contributed by atoms with Gasteiger partial charge in [-0.3, -0.25) is 9.80 Å². The smallest absolute Gasteiger partial charge is 0.147 e. The molecule has 0 bridgehead atoms. The molecule has 0 saturated carbocycles. The van der Waals surface area contributed by atoms with Gasteiger partial charge in [0, 0.05) is 37.8 Å². The van der Waals surface area contributed by atoms with Crippen LogP contribution in [-0.2, 0) is 19.6 Å². The molecule has 0 aliphatic carbocycles. The number of rotatable bonds is 6. The predicted octanol–water partition coefficient (Wildman–Crippen LogP) is 1.92. The second-order valence-electron chi connectivity index (χ2n) is 6.80. The monoisotopic (exact) mass is 332 g/mol. The van der Waals surface area contributed by atoms with Crippen LogP contribution in [0.15, 0.2) is 4.52 Å². The maximum absolute atomic E-state index is 5.28. The number of aromatic nitrogens is 4. The molecule has 1 aliphatic rings. The van der Waals surface area contributed by atoms with Gasteiger partial charge in [0.1, 0.15) is 17.4 Å². The summed E-state index contributed by atoms with van der Waals surface area (Å²) in [7, 11) is 2.19. The Hall–Kier alpha value is -1.73. The Balaban J connectivity index is 1.59. The van der Waals surface area contributed by atoms with Crippen LogP contribution >= 0.6 is 0 Å². The molecule has 0 spiro atoms. The Morgan fingerprint density at radius 1 is 1.25 bits per heavy atom. The third-order valence-corrected chi connectivity index (χ3v) is 5.15. The van der Waals surface area contributed by atoms with Crippen LogP contribution in [0.4, 0.5) is 0 Å². The van der Waals surface area contributed by atoms with Crippen LogP contribution < -0.4 is 0 Å². The summed E-state index contributed by atoms with van der Waals surface area (Å²) in [5.41, 5.74) is 2.25. The lowest BCUT2D eigenvalue weighted by Crippen LogP contribution is -2.35. The number of likely N-dealkylation sites (tertiary alicyclic amines) is 1. The molecule has 7 heteroatoms. The summed E-state index contributed by atoms with van der Waals surface area (Å²) in [4.78, 5) is 4.90. The summed E-state index contributed by atoms with van der Waals surface area (Å²) in [6.07, 6.45) is 1.18. The van der Waals surface area contributed by atoms with E-state index in [0.29, 0.717) is 6.04 Å². The molecule has 1 fully saturated rings. The van der Waals surface area contributed by atoms with Crippen molar-refractivity contribution in [2.45, 2.75) is 59.8 Å². The minimum Gasteiger partial charge on any atom is -0.361 e. The van der Waals surface area contributed by atoms with E-state index in [2.05, 4.69) is 43.7 Å². The van der Waals surface area contributed by atoms with Crippen LogP contribution in [0.5, 0.6) is 0 Å². The normalized spacial score (nSPS) is 18.8. The van der Waals surface area contributed by atoms with E-state index in [9.17, 15) is 0 Å². The van der Waals surface area contributed by atoms with E-state index in [1.807, 2.05) is 20.8 Å². The zero-order valence-electron chi connectivity index (χ0n) is 15.4. The van der Waals surface area contributed by atoms with Crippen molar-refractivity contribution in [3.63, 3.8) is 0 Å². The van der Waals surface area contributed by atoms with Gasteiger partial charge in [0.05, 0.1) is 12.2 Å². The number of likely N-dealkylation sites (N-methyl/N-ethyl adjacent to an activating group) is 1. The van der Waals surface area contributed by atoms with E-state index < -0.39 is 0 Å². The molecule has 2 aromatic heterocycles. The van der Waals surface area contributed by atoms with Crippen molar-refractivity contribution >= 4 is 0 Å². The maximum Gasteiger partial charge on any atom is 0.147 e. The number of hydrogen-bond acceptors (Lipinski definition) is 6. The largest absolute Gasteiger partial charge is 0.361 e. The zero-order valence-corrected chi connectivity index (χ0v) is 15.4. The molecular formula is C17H28N6O. The fourth-order valence-corrected chi connectivity index (χ4v) is 3.57. The first kappa shape index (κ1) is 17.1. The molecule has 1 aliphatic heterocycles. The van der Waals surface area contributed by atoms with E-state index in [4.69, 9.17) is 4.52 Å². The Bertz CT molecular complexity index is 672. The average molecular weight is 332 g/mol. The molecule has 1 saturated heterocycles. The molecule has 0 N–H and O–H groups in total. The fraction of sp³-hybridized carbons (Fsp3) is 0.706. The fourth-order valence-electron chi connectivity index (χ4n) is 3.57. The van der Waals surface area contributed by atoms with Crippen molar-refractivity contribution in [3.8, 4) is 0 Å². The first-order valence-electron chi connectivity index (χ1n) is 8.72. The molecule has 2 aromatic rings. The Kier molecular flexibility index (Phi) is 5.01. The van der Waals surface area contributed by atoms with Crippen LogP contribution in [0, 0.1) is 20.8 Å². The van der Waals surface area contributed by atoms with Gasteiger partial charge in [-0.15, -0.1) is 10.2 Å². The summed E-state index contributed by atoms with van der Waals surface area (Å²) < 4.78 is 7.47. The number of hydrogen-bond donors (Lipinski definition) is 0. The van der Waals surface area contributed by atoms with Gasteiger partial charge in [0.15, 0.2) is 0 Å². The topological polar surface area (TPSA) is 63.2 Å². The Morgan fingerprint density at radius 3 is 2.71 bits per heavy atom. The molecule has 0 aromatic carbocycles. The highest BCUT2D eigenvalue weighted by atomic mass is 16.5. The quantitative estimate of drug-likeness (QED) is 0.805. The average Bonchev–Trinajstić information content (AvgIpc) is 3.24. The van der Waals surface area contributed by atoms with Crippen molar-refractivity contribution in [1.82, 2.24) is 29.7 Å². The third kappa shape index (κ3) is 3.37. The van der Waals surface area contributed by atoms with Gasteiger partial charge in [-0.1, -0.05) is 5.16 Å². The summed E-state index contributed by atoms with van der Waals surface area (Å²) in [5, 5.41) is 12.6. The van der Waals surface area contributed by atoms with E-state index >= 15 is 0 Å². The van der Waals surface area contributed by atoms with Crippen LogP contribution in [0.3, 0.4) is 0 Å². The minimum atomic E-state index is 0.549. The number of nitrogens with zero attached hydrogens (tertiary/aromatic N) is 6. The van der Waals surface area contributed by atoms with Gasteiger partial charge in [0.25, 0.3) is 0 Å². The lowest BCUT2D eigenvalue weighted by Gasteiger charge is -2.24. The molecule has 0 unspecified atom stereocenters. The molecule has 0 radical (unpaired) electrons. The molecule has 3 rings (SSSR count). The van der Waals surface area contributed by atoms with Crippen molar-refractivity contribution in [2.24, 2.45) is 0 Å². The van der Waals surface area contributed by atoms with E-state index in [1.165, 1.54) is 12.0 Å². The second-order valence-corrected chi connectivity index (χ2v) is 6.80. The van der Waals surface area contributed by atoms with Gasteiger partial charge in [-0.25, -0.2) is 0 Å². The summed E-state index contributed by atoms with van der Waals surface area (Å²) in [5.74, 6) is 2.99. The maximum atomic E-state index is 5.28. The van der Waals surface area contributed by atoms with E-state index in [0.717, 1.165) is 55.8 Å². The van der Waals surface area contributed by atoms with Crippen molar-refractivity contribution in [3.05, 3.63) is 28.7 Å². The highest BCUT2D eigenvalue weighted by Crippen LogP contribution is 2.21. The summed E-state index contributed by atoms with van der Waals surface area (Å²) in [6.45, 7) is 13.0. The molecular weight excluding hydrogens is 304 g/mol. The highest BCUT2D eigenvalue weighted by molar-refractivity contribution is 5.20. The van der Waals surface area contributed by atoms with Crippen molar-refractivity contribution in [1.29, 1.82) is 0 Å². The minimum absolute atomic E-state index is 0.549. The standard InChI is InChI=1S/C17H28N6O/c1-6-23-14(4)18-19-17(23)11-21(5)15-7-8-22(9-15)10-16-12(2)20-24-13(16)3/h15H,6-11H2,1-5H3/t15-/m0/s1. The highest BCUT2D eigenvalue weighted by Gasteiger charge is 2.27. The van der Waals surface area contributed by atoms with Gasteiger partial charge in [-0.2, -0.15) is 0 Å².